The minimum atomic E-state index is -4.41. The molecule has 1 unspecified atom stereocenters. The minimum absolute atomic E-state index is 0.121. The third-order valence-corrected chi connectivity index (χ3v) is 3.50. The SMILES string of the molecule is CCNC(=O)CN1CCOC(c2ccccc2C(F)(F)F)C1. The van der Waals surface area contributed by atoms with Gasteiger partial charge in [0.15, 0.2) is 0 Å². The third kappa shape index (κ3) is 4.20. The van der Waals surface area contributed by atoms with Crippen LogP contribution in [0.3, 0.4) is 0 Å². The van der Waals surface area contributed by atoms with Crippen LogP contribution >= 0.6 is 0 Å². The minimum Gasteiger partial charge on any atom is -0.371 e. The first-order valence-electron chi connectivity index (χ1n) is 7.18. The highest BCUT2D eigenvalue weighted by atomic mass is 19.4. The van der Waals surface area contributed by atoms with Crippen molar-refractivity contribution in [2.24, 2.45) is 0 Å². The summed E-state index contributed by atoms with van der Waals surface area (Å²) < 4.78 is 44.7. The number of alkyl halides is 3. The Labute approximate surface area is 127 Å². The molecule has 122 valence electrons. The summed E-state index contributed by atoms with van der Waals surface area (Å²) in [7, 11) is 0. The lowest BCUT2D eigenvalue weighted by molar-refractivity contribution is -0.141. The Morgan fingerprint density at radius 1 is 1.41 bits per heavy atom. The topological polar surface area (TPSA) is 41.6 Å². The molecule has 1 heterocycles. The molecule has 0 bridgehead atoms. The summed E-state index contributed by atoms with van der Waals surface area (Å²) in [6, 6.07) is 5.42. The van der Waals surface area contributed by atoms with Crippen LogP contribution in [0.25, 0.3) is 0 Å². The molecule has 1 aliphatic heterocycles. The molecule has 1 aliphatic rings. The average molecular weight is 316 g/mol. The van der Waals surface area contributed by atoms with Crippen LogP contribution < -0.4 is 5.32 Å². The van der Waals surface area contributed by atoms with Gasteiger partial charge in [0.1, 0.15) is 0 Å². The Morgan fingerprint density at radius 3 is 2.82 bits per heavy atom. The summed E-state index contributed by atoms with van der Waals surface area (Å²) in [6.07, 6.45) is -5.09. The van der Waals surface area contributed by atoms with Crippen molar-refractivity contribution in [2.45, 2.75) is 19.2 Å². The largest absolute Gasteiger partial charge is 0.416 e. The maximum absolute atomic E-state index is 13.1. The van der Waals surface area contributed by atoms with Gasteiger partial charge in [-0.2, -0.15) is 13.2 Å². The second-order valence-electron chi connectivity index (χ2n) is 5.13. The van der Waals surface area contributed by atoms with Gasteiger partial charge in [-0.15, -0.1) is 0 Å². The Kier molecular flexibility index (Phi) is 5.42. The number of amides is 1. The van der Waals surface area contributed by atoms with Crippen molar-refractivity contribution in [2.75, 3.05) is 32.8 Å². The maximum Gasteiger partial charge on any atom is 0.416 e. The fourth-order valence-corrected chi connectivity index (χ4v) is 2.53. The monoisotopic (exact) mass is 316 g/mol. The van der Waals surface area contributed by atoms with Crippen molar-refractivity contribution in [3.8, 4) is 0 Å². The molecule has 0 radical (unpaired) electrons. The normalized spacial score (nSPS) is 19.9. The summed E-state index contributed by atoms with van der Waals surface area (Å²) in [5.41, 5.74) is -0.560. The number of benzene rings is 1. The van der Waals surface area contributed by atoms with Gasteiger partial charge in [-0.05, 0) is 18.6 Å². The molecule has 1 aromatic carbocycles. The molecule has 0 saturated carbocycles. The number of carbonyl (C=O) groups is 1. The lowest BCUT2D eigenvalue weighted by Gasteiger charge is -2.33. The summed E-state index contributed by atoms with van der Waals surface area (Å²) in [4.78, 5) is 13.4. The molecule has 2 rings (SSSR count). The molecule has 22 heavy (non-hydrogen) atoms. The van der Waals surface area contributed by atoms with E-state index in [1.165, 1.54) is 12.1 Å². The fourth-order valence-electron chi connectivity index (χ4n) is 2.53. The number of nitrogens with zero attached hydrogens (tertiary/aromatic N) is 1. The van der Waals surface area contributed by atoms with Crippen LogP contribution in [-0.2, 0) is 15.7 Å². The van der Waals surface area contributed by atoms with E-state index in [9.17, 15) is 18.0 Å². The van der Waals surface area contributed by atoms with Gasteiger partial charge >= 0.3 is 6.18 Å². The quantitative estimate of drug-likeness (QED) is 0.926. The predicted octanol–water partition coefficient (Wildman–Crippen LogP) is 2.21. The lowest BCUT2D eigenvalue weighted by Crippen LogP contribution is -2.44. The Balaban J connectivity index is 2.11. The van der Waals surface area contributed by atoms with Gasteiger partial charge in [0.2, 0.25) is 5.91 Å². The Hall–Kier alpha value is -1.60. The average Bonchev–Trinajstić information content (AvgIpc) is 2.47. The molecule has 0 aromatic heterocycles. The van der Waals surface area contributed by atoms with E-state index in [4.69, 9.17) is 4.74 Å². The number of nitrogens with one attached hydrogen (secondary N) is 1. The predicted molar refractivity (Wildman–Crippen MR) is 75.3 cm³/mol. The summed E-state index contributed by atoms with van der Waals surface area (Å²) in [5.74, 6) is -0.132. The number of likely N-dealkylation sites (N-methyl/N-ethyl adjacent to an activating group) is 1. The van der Waals surface area contributed by atoms with Gasteiger partial charge < -0.3 is 10.1 Å². The van der Waals surface area contributed by atoms with Crippen LogP contribution in [0.5, 0.6) is 0 Å². The fraction of sp³-hybridized carbons (Fsp3) is 0.533. The first-order valence-corrected chi connectivity index (χ1v) is 7.18. The molecule has 4 nitrogen and oxygen atoms in total. The van der Waals surface area contributed by atoms with Crippen LogP contribution in [0.1, 0.15) is 24.2 Å². The Morgan fingerprint density at radius 2 is 2.14 bits per heavy atom. The van der Waals surface area contributed by atoms with E-state index in [1.807, 2.05) is 11.8 Å². The van der Waals surface area contributed by atoms with E-state index in [-0.39, 0.29) is 24.6 Å². The third-order valence-electron chi connectivity index (χ3n) is 3.50. The molecule has 0 aliphatic carbocycles. The second kappa shape index (κ2) is 7.11. The van der Waals surface area contributed by atoms with Crippen LogP contribution in [0.15, 0.2) is 24.3 Å². The molecule has 1 atom stereocenters. The molecule has 0 spiro atoms. The Bertz CT molecular complexity index is 520. The zero-order valence-electron chi connectivity index (χ0n) is 12.3. The first kappa shape index (κ1) is 16.8. The number of rotatable bonds is 4. The summed E-state index contributed by atoms with van der Waals surface area (Å²) >= 11 is 0. The van der Waals surface area contributed by atoms with Gasteiger partial charge in [0.25, 0.3) is 0 Å². The maximum atomic E-state index is 13.1. The van der Waals surface area contributed by atoms with Crippen molar-refractivity contribution >= 4 is 5.91 Å². The van der Waals surface area contributed by atoms with E-state index >= 15 is 0 Å². The van der Waals surface area contributed by atoms with Crippen LogP contribution in [0, 0.1) is 0 Å². The van der Waals surface area contributed by atoms with Gasteiger partial charge in [-0.1, -0.05) is 18.2 Å². The van der Waals surface area contributed by atoms with Crippen molar-refractivity contribution < 1.29 is 22.7 Å². The molecule has 1 saturated heterocycles. The van der Waals surface area contributed by atoms with Gasteiger partial charge in [-0.25, -0.2) is 0 Å². The van der Waals surface area contributed by atoms with E-state index in [0.29, 0.717) is 19.7 Å². The summed E-state index contributed by atoms with van der Waals surface area (Å²) in [6.45, 7) is 3.62. The van der Waals surface area contributed by atoms with Crippen molar-refractivity contribution in [3.63, 3.8) is 0 Å². The van der Waals surface area contributed by atoms with E-state index < -0.39 is 17.8 Å². The number of hydrogen-bond acceptors (Lipinski definition) is 3. The molecule has 1 N–H and O–H groups in total. The molecule has 7 heteroatoms. The smallest absolute Gasteiger partial charge is 0.371 e. The van der Waals surface area contributed by atoms with Crippen molar-refractivity contribution in [1.82, 2.24) is 10.2 Å². The molecular weight excluding hydrogens is 297 g/mol. The van der Waals surface area contributed by atoms with Crippen LogP contribution in [0.2, 0.25) is 0 Å². The second-order valence-corrected chi connectivity index (χ2v) is 5.13. The molecular formula is C15H19F3N2O2. The van der Waals surface area contributed by atoms with Gasteiger partial charge in [0.05, 0.1) is 24.8 Å². The molecule has 1 fully saturated rings. The lowest BCUT2D eigenvalue weighted by atomic mass is 10.0. The van der Waals surface area contributed by atoms with Crippen molar-refractivity contribution in [1.29, 1.82) is 0 Å². The van der Waals surface area contributed by atoms with E-state index in [0.717, 1.165) is 6.07 Å². The zero-order chi connectivity index (χ0) is 16.2. The van der Waals surface area contributed by atoms with Gasteiger partial charge in [0, 0.05) is 19.6 Å². The number of carbonyl (C=O) groups excluding carboxylic acids is 1. The highest BCUT2D eigenvalue weighted by Crippen LogP contribution is 2.36. The highest BCUT2D eigenvalue weighted by molar-refractivity contribution is 5.77. The van der Waals surface area contributed by atoms with Crippen LogP contribution in [-0.4, -0.2) is 43.6 Å². The first-order chi connectivity index (χ1) is 10.4. The number of hydrogen-bond donors (Lipinski definition) is 1. The zero-order valence-corrected chi connectivity index (χ0v) is 12.3. The number of halogens is 3. The van der Waals surface area contributed by atoms with Crippen molar-refractivity contribution in [3.05, 3.63) is 35.4 Å². The van der Waals surface area contributed by atoms with Gasteiger partial charge in [-0.3, -0.25) is 9.69 Å². The number of morpholine rings is 1. The van der Waals surface area contributed by atoms with E-state index in [1.54, 1.807) is 6.07 Å². The van der Waals surface area contributed by atoms with Crippen LogP contribution in [0.4, 0.5) is 13.2 Å². The molecule has 1 amide bonds. The van der Waals surface area contributed by atoms with E-state index in [2.05, 4.69) is 5.32 Å². The highest BCUT2D eigenvalue weighted by Gasteiger charge is 2.36. The summed E-state index contributed by atoms with van der Waals surface area (Å²) in [5, 5.41) is 2.68. The molecule has 1 aromatic rings. The standard InChI is InChI=1S/C15H19F3N2O2/c1-2-19-14(21)10-20-7-8-22-13(9-20)11-5-3-4-6-12(11)15(16,17)18/h3-6,13H,2,7-10H2,1H3,(H,19,21). The number of ether oxygens (including phenoxy) is 1.